The number of hydrogen-bond acceptors (Lipinski definition) is 4. The molecule has 5 heteroatoms. The molecule has 0 saturated heterocycles. The van der Waals surface area contributed by atoms with Crippen LogP contribution in [0.4, 0.5) is 11.4 Å². The molecule has 2 aromatic rings. The molecule has 2 rings (SSSR count). The maximum atomic E-state index is 12.1. The summed E-state index contributed by atoms with van der Waals surface area (Å²) < 4.78 is 5.70. The fourth-order valence-corrected chi connectivity index (χ4v) is 1.68. The van der Waals surface area contributed by atoms with Crippen molar-refractivity contribution in [1.29, 1.82) is 0 Å². The predicted octanol–water partition coefficient (Wildman–Crippen LogP) is 2.95. The second-order valence-corrected chi connectivity index (χ2v) is 5.13. The van der Waals surface area contributed by atoms with Crippen LogP contribution < -0.4 is 15.8 Å². The summed E-state index contributed by atoms with van der Waals surface area (Å²) in [5, 5.41) is 2.80. The van der Waals surface area contributed by atoms with Crippen molar-refractivity contribution in [3.8, 4) is 5.75 Å². The van der Waals surface area contributed by atoms with Gasteiger partial charge >= 0.3 is 0 Å². The number of benzene rings is 1. The minimum absolute atomic E-state index is 0.296. The van der Waals surface area contributed by atoms with Gasteiger partial charge in [-0.15, -0.1) is 0 Å². The molecule has 0 bridgehead atoms. The first kappa shape index (κ1) is 14.8. The van der Waals surface area contributed by atoms with Crippen LogP contribution in [0, 0.1) is 5.92 Å². The number of pyridine rings is 1. The van der Waals surface area contributed by atoms with Crippen molar-refractivity contribution in [3.63, 3.8) is 0 Å². The molecule has 1 heterocycles. The Balaban J connectivity index is 2.11. The summed E-state index contributed by atoms with van der Waals surface area (Å²) >= 11 is 0. The molecule has 21 heavy (non-hydrogen) atoms. The maximum Gasteiger partial charge on any atom is 0.274 e. The lowest BCUT2D eigenvalue weighted by atomic mass is 10.2. The molecule has 0 fully saturated rings. The van der Waals surface area contributed by atoms with Crippen molar-refractivity contribution in [2.24, 2.45) is 5.92 Å². The SMILES string of the molecule is CC(C)COc1ccccc1NC(=O)c1ccc(N)cn1. The van der Waals surface area contributed by atoms with E-state index in [2.05, 4.69) is 24.1 Å². The number of rotatable bonds is 5. The summed E-state index contributed by atoms with van der Waals surface area (Å²) in [6.07, 6.45) is 1.45. The highest BCUT2D eigenvalue weighted by molar-refractivity contribution is 6.03. The van der Waals surface area contributed by atoms with E-state index < -0.39 is 0 Å². The number of para-hydroxylation sites is 2. The van der Waals surface area contributed by atoms with Crippen molar-refractivity contribution >= 4 is 17.3 Å². The Bertz CT molecular complexity index is 609. The van der Waals surface area contributed by atoms with Crippen molar-refractivity contribution < 1.29 is 9.53 Å². The molecule has 5 nitrogen and oxygen atoms in total. The van der Waals surface area contributed by atoms with Crippen LogP contribution in [-0.4, -0.2) is 17.5 Å². The number of ether oxygens (including phenoxy) is 1. The third-order valence-electron chi connectivity index (χ3n) is 2.73. The highest BCUT2D eigenvalue weighted by atomic mass is 16.5. The van der Waals surface area contributed by atoms with Gasteiger partial charge in [-0.05, 0) is 30.2 Å². The van der Waals surface area contributed by atoms with Gasteiger partial charge in [0, 0.05) is 0 Å². The van der Waals surface area contributed by atoms with E-state index in [1.165, 1.54) is 6.20 Å². The van der Waals surface area contributed by atoms with E-state index in [0.717, 1.165) is 0 Å². The van der Waals surface area contributed by atoms with Crippen LogP contribution in [0.2, 0.25) is 0 Å². The zero-order valence-electron chi connectivity index (χ0n) is 12.2. The van der Waals surface area contributed by atoms with Crippen LogP contribution in [0.1, 0.15) is 24.3 Å². The standard InChI is InChI=1S/C16H19N3O2/c1-11(2)10-21-15-6-4-3-5-13(15)19-16(20)14-8-7-12(17)9-18-14/h3-9,11H,10,17H2,1-2H3,(H,19,20). The molecule has 1 aromatic heterocycles. The van der Waals surface area contributed by atoms with E-state index in [1.807, 2.05) is 18.2 Å². The average molecular weight is 285 g/mol. The van der Waals surface area contributed by atoms with Crippen LogP contribution in [-0.2, 0) is 0 Å². The Kier molecular flexibility index (Phi) is 4.77. The first-order valence-corrected chi connectivity index (χ1v) is 6.81. The van der Waals surface area contributed by atoms with E-state index in [1.54, 1.807) is 18.2 Å². The Labute approximate surface area is 124 Å². The van der Waals surface area contributed by atoms with Crippen LogP contribution >= 0.6 is 0 Å². The first-order chi connectivity index (χ1) is 10.1. The van der Waals surface area contributed by atoms with Gasteiger partial charge in [-0.25, -0.2) is 4.98 Å². The van der Waals surface area contributed by atoms with Gasteiger partial charge in [0.15, 0.2) is 0 Å². The topological polar surface area (TPSA) is 77.2 Å². The molecule has 0 aliphatic heterocycles. The van der Waals surface area contributed by atoms with Gasteiger partial charge in [-0.1, -0.05) is 26.0 Å². The number of anilines is 2. The van der Waals surface area contributed by atoms with E-state index in [4.69, 9.17) is 10.5 Å². The van der Waals surface area contributed by atoms with Crippen LogP contribution in [0.3, 0.4) is 0 Å². The molecule has 110 valence electrons. The molecule has 0 radical (unpaired) electrons. The van der Waals surface area contributed by atoms with Gasteiger partial charge in [0.25, 0.3) is 5.91 Å². The Morgan fingerprint density at radius 2 is 2.05 bits per heavy atom. The van der Waals surface area contributed by atoms with Gasteiger partial charge in [0.05, 0.1) is 24.2 Å². The van der Waals surface area contributed by atoms with Crippen molar-refractivity contribution in [1.82, 2.24) is 4.98 Å². The first-order valence-electron chi connectivity index (χ1n) is 6.81. The molecular formula is C16H19N3O2. The van der Waals surface area contributed by atoms with E-state index in [9.17, 15) is 4.79 Å². The minimum Gasteiger partial charge on any atom is -0.491 e. The largest absolute Gasteiger partial charge is 0.491 e. The normalized spacial score (nSPS) is 10.4. The fraction of sp³-hybridized carbons (Fsp3) is 0.250. The maximum absolute atomic E-state index is 12.1. The Morgan fingerprint density at radius 1 is 1.29 bits per heavy atom. The van der Waals surface area contributed by atoms with Gasteiger partial charge in [0.2, 0.25) is 0 Å². The minimum atomic E-state index is -0.296. The van der Waals surface area contributed by atoms with Crippen LogP contribution in [0.25, 0.3) is 0 Å². The molecule has 0 atom stereocenters. The number of carbonyl (C=O) groups excluding carboxylic acids is 1. The fourth-order valence-electron chi connectivity index (χ4n) is 1.68. The van der Waals surface area contributed by atoms with Crippen molar-refractivity contribution in [2.75, 3.05) is 17.7 Å². The molecule has 3 N–H and O–H groups in total. The number of nitrogen functional groups attached to an aromatic ring is 1. The molecule has 0 aliphatic rings. The van der Waals surface area contributed by atoms with Gasteiger partial charge in [-0.2, -0.15) is 0 Å². The summed E-state index contributed by atoms with van der Waals surface area (Å²) in [5.41, 5.74) is 7.01. The van der Waals surface area contributed by atoms with Crippen molar-refractivity contribution in [2.45, 2.75) is 13.8 Å². The zero-order valence-corrected chi connectivity index (χ0v) is 12.2. The summed E-state index contributed by atoms with van der Waals surface area (Å²) in [6.45, 7) is 4.73. The molecular weight excluding hydrogens is 266 g/mol. The number of nitrogens with two attached hydrogens (primary N) is 1. The zero-order chi connectivity index (χ0) is 15.2. The van der Waals surface area contributed by atoms with Gasteiger partial charge in [-0.3, -0.25) is 4.79 Å². The van der Waals surface area contributed by atoms with E-state index >= 15 is 0 Å². The summed E-state index contributed by atoms with van der Waals surface area (Å²) in [6, 6.07) is 10.6. The molecule has 0 unspecified atom stereocenters. The van der Waals surface area contributed by atoms with Crippen LogP contribution in [0.5, 0.6) is 5.75 Å². The smallest absolute Gasteiger partial charge is 0.274 e. The number of hydrogen-bond donors (Lipinski definition) is 2. The summed E-state index contributed by atoms with van der Waals surface area (Å²) in [5.74, 6) is 0.762. The number of amides is 1. The third-order valence-corrected chi connectivity index (χ3v) is 2.73. The summed E-state index contributed by atoms with van der Waals surface area (Å²) in [7, 11) is 0. The van der Waals surface area contributed by atoms with Gasteiger partial charge in [0.1, 0.15) is 11.4 Å². The molecule has 1 amide bonds. The number of carbonyl (C=O) groups is 1. The third kappa shape index (κ3) is 4.21. The Hall–Kier alpha value is -2.56. The lowest BCUT2D eigenvalue weighted by Gasteiger charge is -2.13. The molecule has 0 saturated carbocycles. The highest BCUT2D eigenvalue weighted by Crippen LogP contribution is 2.24. The van der Waals surface area contributed by atoms with Crippen LogP contribution in [0.15, 0.2) is 42.6 Å². The monoisotopic (exact) mass is 285 g/mol. The molecule has 0 spiro atoms. The number of nitrogens with zero attached hydrogens (tertiary/aromatic N) is 1. The Morgan fingerprint density at radius 3 is 2.71 bits per heavy atom. The average Bonchev–Trinajstić information content (AvgIpc) is 2.47. The molecule has 0 aliphatic carbocycles. The molecule has 1 aromatic carbocycles. The number of aromatic nitrogens is 1. The predicted molar refractivity (Wildman–Crippen MR) is 83.4 cm³/mol. The van der Waals surface area contributed by atoms with Crippen molar-refractivity contribution in [3.05, 3.63) is 48.3 Å². The van der Waals surface area contributed by atoms with Gasteiger partial charge < -0.3 is 15.8 Å². The lowest BCUT2D eigenvalue weighted by Crippen LogP contribution is -2.15. The second-order valence-electron chi connectivity index (χ2n) is 5.13. The van der Waals surface area contributed by atoms with E-state index in [0.29, 0.717) is 35.3 Å². The number of nitrogens with one attached hydrogen (secondary N) is 1. The van der Waals surface area contributed by atoms with E-state index in [-0.39, 0.29) is 5.91 Å². The highest BCUT2D eigenvalue weighted by Gasteiger charge is 2.11. The lowest BCUT2D eigenvalue weighted by molar-refractivity contribution is 0.102. The summed E-state index contributed by atoms with van der Waals surface area (Å²) in [4.78, 5) is 16.1. The quantitative estimate of drug-likeness (QED) is 0.885. The second kappa shape index (κ2) is 6.74.